The van der Waals surface area contributed by atoms with Gasteiger partial charge in [0, 0.05) is 8.95 Å². The van der Waals surface area contributed by atoms with E-state index in [9.17, 15) is 18.5 Å². The van der Waals surface area contributed by atoms with Gasteiger partial charge in [0.05, 0.1) is 17.8 Å². The fourth-order valence-corrected chi connectivity index (χ4v) is 5.86. The predicted molar refractivity (Wildman–Crippen MR) is 141 cm³/mol. The van der Waals surface area contributed by atoms with Crippen LogP contribution in [0.25, 0.3) is 6.08 Å². The Hall–Kier alpha value is -2.84. The average molecular weight is 641 g/mol. The molecule has 1 N–H and O–H groups in total. The minimum atomic E-state index is -4.17. The van der Waals surface area contributed by atoms with E-state index in [4.69, 9.17) is 20.5 Å². The van der Waals surface area contributed by atoms with Crippen molar-refractivity contribution in [1.29, 1.82) is 5.26 Å². The summed E-state index contributed by atoms with van der Waals surface area (Å²) in [7, 11) is -2.86. The van der Waals surface area contributed by atoms with E-state index in [-0.39, 0.29) is 27.0 Å². The van der Waals surface area contributed by atoms with E-state index < -0.39 is 16.0 Å². The third-order valence-corrected chi connectivity index (χ3v) is 7.34. The molecular formula is C24H17Br2ClN2O5S. The van der Waals surface area contributed by atoms with Gasteiger partial charge in [-0.15, -0.1) is 0 Å². The highest BCUT2D eigenvalue weighted by Gasteiger charge is 2.22. The van der Waals surface area contributed by atoms with E-state index >= 15 is 0 Å². The molecule has 0 aliphatic rings. The first-order chi connectivity index (χ1) is 16.6. The molecule has 0 aliphatic heterocycles. The van der Waals surface area contributed by atoms with Crippen LogP contribution < -0.4 is 14.2 Å². The van der Waals surface area contributed by atoms with Gasteiger partial charge < -0.3 is 14.2 Å². The second-order valence-corrected chi connectivity index (χ2v) is 10.8. The quantitative estimate of drug-likeness (QED) is 0.180. The fraction of sp³-hybridized carbons (Fsp3) is 0.0833. The van der Waals surface area contributed by atoms with Crippen LogP contribution in [0, 0.1) is 18.3 Å². The van der Waals surface area contributed by atoms with Gasteiger partial charge in [-0.3, -0.25) is 4.79 Å². The van der Waals surface area contributed by atoms with Crippen LogP contribution in [0.15, 0.2) is 74.0 Å². The molecule has 3 rings (SSSR count). The molecule has 0 fully saturated rings. The van der Waals surface area contributed by atoms with Gasteiger partial charge >= 0.3 is 10.1 Å². The summed E-state index contributed by atoms with van der Waals surface area (Å²) < 4.78 is 37.0. The zero-order valence-electron chi connectivity index (χ0n) is 18.3. The maximum atomic E-state index is 12.8. The van der Waals surface area contributed by atoms with Gasteiger partial charge in [-0.1, -0.05) is 29.8 Å². The Morgan fingerprint density at radius 2 is 1.74 bits per heavy atom. The number of benzene rings is 3. The Morgan fingerprint density at radius 1 is 1.11 bits per heavy atom. The van der Waals surface area contributed by atoms with E-state index in [1.807, 2.05) is 25.1 Å². The second kappa shape index (κ2) is 11.3. The third-order valence-electron chi connectivity index (χ3n) is 4.58. The first-order valence-corrected chi connectivity index (χ1v) is 13.2. The Balaban J connectivity index is 1.93. The Kier molecular flexibility index (Phi) is 8.61. The van der Waals surface area contributed by atoms with Crippen LogP contribution in [0.5, 0.6) is 11.5 Å². The summed E-state index contributed by atoms with van der Waals surface area (Å²) in [6.45, 7) is 1.90. The van der Waals surface area contributed by atoms with Crippen molar-refractivity contribution in [3.05, 3.63) is 85.3 Å². The number of nitrogens with one attached hydrogen (secondary N) is 1. The Bertz CT molecular complexity index is 1450. The predicted octanol–water partition coefficient (Wildman–Crippen LogP) is 6.50. The van der Waals surface area contributed by atoms with Crippen molar-refractivity contribution < 1.29 is 22.1 Å². The topological polar surface area (TPSA) is 105 Å². The molecule has 0 saturated carbocycles. The maximum absolute atomic E-state index is 12.8. The second-order valence-electron chi connectivity index (χ2n) is 7.11. The Morgan fingerprint density at radius 3 is 2.31 bits per heavy atom. The molecule has 0 atom stereocenters. The molecule has 180 valence electrons. The van der Waals surface area contributed by atoms with Crippen LogP contribution in [0.2, 0.25) is 5.02 Å². The lowest BCUT2D eigenvalue weighted by Crippen LogP contribution is -2.14. The van der Waals surface area contributed by atoms with Crippen LogP contribution in [0.1, 0.15) is 11.1 Å². The van der Waals surface area contributed by atoms with Gasteiger partial charge in [-0.05, 0) is 92.4 Å². The number of hydrogen-bond acceptors (Lipinski definition) is 6. The monoisotopic (exact) mass is 638 g/mol. The molecular weight excluding hydrogens is 624 g/mol. The van der Waals surface area contributed by atoms with Crippen LogP contribution in [-0.2, 0) is 14.9 Å². The first-order valence-electron chi connectivity index (χ1n) is 9.81. The summed E-state index contributed by atoms with van der Waals surface area (Å²) in [5.74, 6) is -0.865. The number of nitriles is 1. The maximum Gasteiger partial charge on any atom is 0.339 e. The smallest absolute Gasteiger partial charge is 0.339 e. The largest absolute Gasteiger partial charge is 0.493 e. The molecule has 0 unspecified atom stereocenters. The minimum absolute atomic E-state index is 0.00461. The van der Waals surface area contributed by atoms with Crippen molar-refractivity contribution >= 4 is 71.2 Å². The van der Waals surface area contributed by atoms with Crippen LogP contribution in [-0.4, -0.2) is 21.4 Å². The van der Waals surface area contributed by atoms with Gasteiger partial charge in [-0.2, -0.15) is 13.7 Å². The fourth-order valence-electron chi connectivity index (χ4n) is 2.96. The highest BCUT2D eigenvalue weighted by molar-refractivity contribution is 9.11. The lowest BCUT2D eigenvalue weighted by atomic mass is 10.1. The lowest BCUT2D eigenvalue weighted by molar-refractivity contribution is -0.112. The number of hydrogen-bond donors (Lipinski definition) is 1. The number of methoxy groups -OCH3 is 1. The molecule has 0 saturated heterocycles. The summed E-state index contributed by atoms with van der Waals surface area (Å²) in [5.41, 5.74) is 1.54. The number of halogens is 3. The number of nitrogens with zero attached hydrogens (tertiary/aromatic N) is 1. The molecule has 35 heavy (non-hydrogen) atoms. The molecule has 0 heterocycles. The number of aryl methyl sites for hydroxylation is 1. The normalized spacial score (nSPS) is 11.5. The highest BCUT2D eigenvalue weighted by Crippen LogP contribution is 2.39. The van der Waals surface area contributed by atoms with Gasteiger partial charge in [0.25, 0.3) is 5.91 Å². The molecule has 11 heteroatoms. The van der Waals surface area contributed by atoms with Crippen molar-refractivity contribution in [1.82, 2.24) is 0 Å². The number of carbonyl (C=O) groups excluding carboxylic acids is 1. The van der Waals surface area contributed by atoms with Gasteiger partial charge in [0.15, 0.2) is 5.75 Å². The highest BCUT2D eigenvalue weighted by atomic mass is 79.9. The van der Waals surface area contributed by atoms with E-state index in [1.54, 1.807) is 18.2 Å². The summed E-state index contributed by atoms with van der Waals surface area (Å²) in [5, 5.41) is 12.2. The van der Waals surface area contributed by atoms with Crippen molar-refractivity contribution in [2.75, 3.05) is 12.4 Å². The van der Waals surface area contributed by atoms with Crippen LogP contribution >= 0.6 is 43.5 Å². The number of amides is 1. The summed E-state index contributed by atoms with van der Waals surface area (Å²) in [6.07, 6.45) is 1.30. The minimum Gasteiger partial charge on any atom is -0.493 e. The summed E-state index contributed by atoms with van der Waals surface area (Å²) in [6, 6.07) is 15.8. The van der Waals surface area contributed by atoms with Crippen molar-refractivity contribution in [3.8, 4) is 17.6 Å². The van der Waals surface area contributed by atoms with E-state index in [2.05, 4.69) is 37.2 Å². The molecule has 7 nitrogen and oxygen atoms in total. The number of carbonyl (C=O) groups is 1. The van der Waals surface area contributed by atoms with Crippen LogP contribution in [0.4, 0.5) is 5.69 Å². The lowest BCUT2D eigenvalue weighted by Gasteiger charge is -2.13. The van der Waals surface area contributed by atoms with Gasteiger partial charge in [-0.25, -0.2) is 0 Å². The zero-order chi connectivity index (χ0) is 25.8. The average Bonchev–Trinajstić information content (AvgIpc) is 2.81. The summed E-state index contributed by atoms with van der Waals surface area (Å²) in [4.78, 5) is 12.7. The molecule has 3 aromatic carbocycles. The van der Waals surface area contributed by atoms with Gasteiger partial charge in [0.2, 0.25) is 5.75 Å². The zero-order valence-corrected chi connectivity index (χ0v) is 23.0. The number of ether oxygens (including phenoxy) is 1. The number of rotatable bonds is 7. The molecule has 0 radical (unpaired) electrons. The van der Waals surface area contributed by atoms with E-state index in [0.29, 0.717) is 20.2 Å². The molecule has 3 aromatic rings. The molecule has 1 amide bonds. The number of anilines is 1. The SMILES string of the molecule is COc1cc(/C=C(\C#N)C(=O)Nc2c(Br)cc(C)cc2Br)cc(Cl)c1OS(=O)(=O)c1ccccc1. The van der Waals surface area contributed by atoms with E-state index in [0.717, 1.165) is 5.56 Å². The standard InChI is InChI=1S/C24H17Br2ClN2O5S/c1-14-8-18(25)22(19(26)9-14)29-24(30)16(13-28)10-15-11-20(27)23(21(12-15)33-2)34-35(31,32)17-6-4-3-5-7-17/h3-12H,1-2H3,(H,29,30)/b16-10+. The van der Waals surface area contributed by atoms with Gasteiger partial charge in [0.1, 0.15) is 16.5 Å². The first kappa shape index (κ1) is 26.8. The van der Waals surface area contributed by atoms with Crippen molar-refractivity contribution in [2.24, 2.45) is 0 Å². The van der Waals surface area contributed by atoms with Crippen LogP contribution in [0.3, 0.4) is 0 Å². The molecule has 0 aliphatic carbocycles. The van der Waals surface area contributed by atoms with Crippen molar-refractivity contribution in [3.63, 3.8) is 0 Å². The third kappa shape index (κ3) is 6.44. The van der Waals surface area contributed by atoms with E-state index in [1.165, 1.54) is 37.5 Å². The molecule has 0 spiro atoms. The molecule has 0 aromatic heterocycles. The summed E-state index contributed by atoms with van der Waals surface area (Å²) >= 11 is 13.1. The van der Waals surface area contributed by atoms with Crippen molar-refractivity contribution in [2.45, 2.75) is 11.8 Å². The molecule has 0 bridgehead atoms. The Labute approximate surface area is 224 Å².